The van der Waals surface area contributed by atoms with E-state index in [1.807, 2.05) is 11.9 Å². The second kappa shape index (κ2) is 4.60. The highest BCUT2D eigenvalue weighted by Gasteiger charge is 2.34. The number of pyridine rings is 1. The molecule has 1 aromatic rings. The Morgan fingerprint density at radius 2 is 2.35 bits per heavy atom. The lowest BCUT2D eigenvalue weighted by molar-refractivity contribution is -0.384. The van der Waals surface area contributed by atoms with Crippen molar-refractivity contribution in [3.05, 3.63) is 26.9 Å². The molecule has 0 saturated heterocycles. The van der Waals surface area contributed by atoms with E-state index in [1.54, 1.807) is 6.20 Å². The van der Waals surface area contributed by atoms with Gasteiger partial charge >= 0.3 is 5.69 Å². The van der Waals surface area contributed by atoms with Gasteiger partial charge < -0.3 is 4.90 Å². The van der Waals surface area contributed by atoms with Crippen LogP contribution < -0.4 is 4.90 Å². The summed E-state index contributed by atoms with van der Waals surface area (Å²) in [4.78, 5) is 16.6. The lowest BCUT2D eigenvalue weighted by Gasteiger charge is -2.17. The molecule has 1 heterocycles. The molecule has 0 aliphatic heterocycles. The van der Waals surface area contributed by atoms with E-state index in [2.05, 4.69) is 27.8 Å². The molecule has 1 aromatic heterocycles. The van der Waals surface area contributed by atoms with Crippen LogP contribution in [0.3, 0.4) is 0 Å². The second-order valence-electron chi connectivity index (χ2n) is 4.61. The van der Waals surface area contributed by atoms with E-state index in [-0.39, 0.29) is 10.6 Å². The van der Waals surface area contributed by atoms with Crippen LogP contribution in [0.2, 0.25) is 0 Å². The Hall–Kier alpha value is -1.17. The van der Waals surface area contributed by atoms with Crippen molar-refractivity contribution in [3.8, 4) is 0 Å². The van der Waals surface area contributed by atoms with Gasteiger partial charge in [0.15, 0.2) is 0 Å². The molecule has 0 bridgehead atoms. The molecule has 1 saturated carbocycles. The minimum Gasteiger partial charge on any atom is -0.354 e. The SMILES string of the molecule is CC1CC1CN(C)c1ncc(Br)cc1[N+](=O)[O-]. The molecular weight excluding hydrogens is 286 g/mol. The van der Waals surface area contributed by atoms with E-state index in [0.717, 1.165) is 12.5 Å². The van der Waals surface area contributed by atoms with Gasteiger partial charge in [-0.05, 0) is 34.2 Å². The number of hydrogen-bond donors (Lipinski definition) is 0. The van der Waals surface area contributed by atoms with Gasteiger partial charge in [-0.15, -0.1) is 0 Å². The molecule has 17 heavy (non-hydrogen) atoms. The summed E-state index contributed by atoms with van der Waals surface area (Å²) >= 11 is 3.20. The quantitative estimate of drug-likeness (QED) is 0.633. The standard InChI is InChI=1S/C11H14BrN3O2/c1-7-3-8(7)6-14(2)11-10(15(16)17)4-9(12)5-13-11/h4-5,7-8H,3,6H2,1-2H3. The number of hydrogen-bond acceptors (Lipinski definition) is 4. The maximum Gasteiger partial charge on any atom is 0.312 e. The highest BCUT2D eigenvalue weighted by molar-refractivity contribution is 9.10. The van der Waals surface area contributed by atoms with E-state index in [9.17, 15) is 10.1 Å². The third kappa shape index (κ3) is 2.74. The van der Waals surface area contributed by atoms with E-state index < -0.39 is 0 Å². The van der Waals surface area contributed by atoms with Crippen LogP contribution in [-0.2, 0) is 0 Å². The zero-order chi connectivity index (χ0) is 12.6. The van der Waals surface area contributed by atoms with E-state index in [1.165, 1.54) is 12.5 Å². The number of nitro groups is 1. The number of anilines is 1. The molecule has 0 aromatic carbocycles. The summed E-state index contributed by atoms with van der Waals surface area (Å²) in [7, 11) is 1.86. The van der Waals surface area contributed by atoms with Gasteiger partial charge in [0.2, 0.25) is 5.82 Å². The zero-order valence-electron chi connectivity index (χ0n) is 9.76. The van der Waals surface area contributed by atoms with Crippen LogP contribution in [0.5, 0.6) is 0 Å². The highest BCUT2D eigenvalue weighted by Crippen LogP contribution is 2.39. The zero-order valence-corrected chi connectivity index (χ0v) is 11.3. The van der Waals surface area contributed by atoms with Crippen molar-refractivity contribution in [1.82, 2.24) is 4.98 Å². The van der Waals surface area contributed by atoms with E-state index in [4.69, 9.17) is 0 Å². The third-order valence-corrected chi connectivity index (χ3v) is 3.59. The molecule has 1 aliphatic rings. The van der Waals surface area contributed by atoms with Crippen LogP contribution in [0.1, 0.15) is 13.3 Å². The number of halogens is 1. The normalized spacial score (nSPS) is 22.3. The smallest absolute Gasteiger partial charge is 0.312 e. The maximum absolute atomic E-state index is 11.0. The van der Waals surface area contributed by atoms with Crippen LogP contribution in [0.25, 0.3) is 0 Å². The average Bonchev–Trinajstić information content (AvgIpc) is 2.93. The molecule has 0 amide bonds. The summed E-state index contributed by atoms with van der Waals surface area (Å²) in [5, 5.41) is 11.0. The van der Waals surface area contributed by atoms with Crippen LogP contribution in [0, 0.1) is 22.0 Å². The van der Waals surface area contributed by atoms with Gasteiger partial charge in [-0.2, -0.15) is 0 Å². The molecule has 0 radical (unpaired) electrons. The molecular formula is C11H14BrN3O2. The van der Waals surface area contributed by atoms with Gasteiger partial charge in [0.05, 0.1) is 4.92 Å². The Morgan fingerprint density at radius 3 is 2.88 bits per heavy atom. The Labute approximate surface area is 108 Å². The summed E-state index contributed by atoms with van der Waals surface area (Å²) in [6.45, 7) is 3.03. The predicted molar refractivity (Wildman–Crippen MR) is 69.1 cm³/mol. The van der Waals surface area contributed by atoms with Crippen molar-refractivity contribution in [2.45, 2.75) is 13.3 Å². The van der Waals surface area contributed by atoms with Crippen molar-refractivity contribution in [2.24, 2.45) is 11.8 Å². The monoisotopic (exact) mass is 299 g/mol. The van der Waals surface area contributed by atoms with Gasteiger partial charge in [0.25, 0.3) is 0 Å². The van der Waals surface area contributed by atoms with Crippen molar-refractivity contribution in [2.75, 3.05) is 18.5 Å². The fraction of sp³-hybridized carbons (Fsp3) is 0.545. The Balaban J connectivity index is 2.21. The molecule has 0 N–H and O–H groups in total. The van der Waals surface area contributed by atoms with Crippen LogP contribution in [-0.4, -0.2) is 23.5 Å². The molecule has 92 valence electrons. The molecule has 1 fully saturated rings. The molecule has 2 rings (SSSR count). The minimum atomic E-state index is -0.389. The fourth-order valence-electron chi connectivity index (χ4n) is 1.94. The number of nitrogens with zero attached hydrogens (tertiary/aromatic N) is 3. The summed E-state index contributed by atoms with van der Waals surface area (Å²) in [6.07, 6.45) is 2.80. The average molecular weight is 300 g/mol. The van der Waals surface area contributed by atoms with Gasteiger partial charge in [-0.25, -0.2) is 4.98 Å². The highest BCUT2D eigenvalue weighted by atomic mass is 79.9. The molecule has 2 atom stereocenters. The Morgan fingerprint density at radius 1 is 1.71 bits per heavy atom. The predicted octanol–water partition coefficient (Wildman–Crippen LogP) is 2.84. The first-order valence-corrected chi connectivity index (χ1v) is 6.29. The first-order valence-electron chi connectivity index (χ1n) is 5.50. The first-order chi connectivity index (χ1) is 7.99. The second-order valence-corrected chi connectivity index (χ2v) is 5.52. The Kier molecular flexibility index (Phi) is 3.33. The number of aromatic nitrogens is 1. The van der Waals surface area contributed by atoms with Crippen LogP contribution in [0.15, 0.2) is 16.7 Å². The van der Waals surface area contributed by atoms with E-state index in [0.29, 0.717) is 16.2 Å². The van der Waals surface area contributed by atoms with Crippen molar-refractivity contribution < 1.29 is 4.92 Å². The molecule has 6 heteroatoms. The van der Waals surface area contributed by atoms with Gasteiger partial charge in [-0.1, -0.05) is 6.92 Å². The molecule has 1 aliphatic carbocycles. The van der Waals surface area contributed by atoms with Crippen molar-refractivity contribution >= 4 is 27.4 Å². The lowest BCUT2D eigenvalue weighted by Crippen LogP contribution is -2.22. The minimum absolute atomic E-state index is 0.0511. The fourth-order valence-corrected chi connectivity index (χ4v) is 2.26. The number of rotatable bonds is 4. The summed E-state index contributed by atoms with van der Waals surface area (Å²) in [5.41, 5.74) is 0.0511. The lowest BCUT2D eigenvalue weighted by atomic mass is 10.3. The van der Waals surface area contributed by atoms with Gasteiger partial charge in [-0.3, -0.25) is 10.1 Å². The van der Waals surface area contributed by atoms with Gasteiger partial charge in [0, 0.05) is 30.3 Å². The molecule has 2 unspecified atom stereocenters. The van der Waals surface area contributed by atoms with Crippen molar-refractivity contribution in [1.29, 1.82) is 0 Å². The molecule has 0 spiro atoms. The summed E-state index contributed by atoms with van der Waals surface area (Å²) in [5.74, 6) is 1.81. The third-order valence-electron chi connectivity index (χ3n) is 3.16. The maximum atomic E-state index is 11.0. The summed E-state index contributed by atoms with van der Waals surface area (Å²) < 4.78 is 0.626. The largest absolute Gasteiger partial charge is 0.354 e. The Bertz CT molecular complexity index is 452. The van der Waals surface area contributed by atoms with Crippen LogP contribution in [0.4, 0.5) is 11.5 Å². The van der Waals surface area contributed by atoms with Crippen molar-refractivity contribution in [3.63, 3.8) is 0 Å². The summed E-state index contributed by atoms with van der Waals surface area (Å²) in [6, 6.07) is 1.50. The van der Waals surface area contributed by atoms with Gasteiger partial charge in [0.1, 0.15) is 0 Å². The molecule has 5 nitrogen and oxygen atoms in total. The van der Waals surface area contributed by atoms with Crippen LogP contribution >= 0.6 is 15.9 Å². The van der Waals surface area contributed by atoms with E-state index >= 15 is 0 Å². The topological polar surface area (TPSA) is 59.3 Å². The first kappa shape index (κ1) is 12.3.